The lowest BCUT2D eigenvalue weighted by molar-refractivity contribution is 0.414. The molecule has 0 atom stereocenters. The monoisotopic (exact) mass is 286 g/mol. The Labute approximate surface area is 128 Å². The number of anilines is 1. The molecular weight excluding hydrogens is 260 g/mol. The number of rotatable bonds is 9. The van der Waals surface area contributed by atoms with Crippen LogP contribution in [0, 0.1) is 11.3 Å². The van der Waals surface area contributed by atoms with Gasteiger partial charge in [-0.25, -0.2) is 0 Å². The van der Waals surface area contributed by atoms with Crippen LogP contribution in [0.2, 0.25) is 0 Å². The van der Waals surface area contributed by atoms with Crippen molar-refractivity contribution in [3.8, 4) is 11.8 Å². The fraction of sp³-hybridized carbons (Fsp3) is 0.500. The molecule has 0 aromatic heterocycles. The van der Waals surface area contributed by atoms with Gasteiger partial charge in [-0.3, -0.25) is 0 Å². The van der Waals surface area contributed by atoms with E-state index in [2.05, 4.69) is 30.9 Å². The summed E-state index contributed by atoms with van der Waals surface area (Å²) in [6.45, 7) is 6.59. The highest BCUT2D eigenvalue weighted by Gasteiger charge is 2.09. The molecule has 0 aliphatic rings. The van der Waals surface area contributed by atoms with Crippen LogP contribution in [0.4, 0.5) is 5.69 Å². The van der Waals surface area contributed by atoms with Crippen LogP contribution in [0.5, 0.6) is 5.75 Å². The largest absolute Gasteiger partial charge is 0.496 e. The number of allylic oxidation sites excluding steroid dienone is 1. The summed E-state index contributed by atoms with van der Waals surface area (Å²) in [6.07, 6.45) is 8.05. The molecule has 0 fully saturated rings. The maximum absolute atomic E-state index is 8.64. The Morgan fingerprint density at radius 3 is 2.38 bits per heavy atom. The van der Waals surface area contributed by atoms with Crippen LogP contribution in [0.3, 0.4) is 0 Å². The Morgan fingerprint density at radius 1 is 1.19 bits per heavy atom. The van der Waals surface area contributed by atoms with E-state index in [4.69, 9.17) is 10.00 Å². The van der Waals surface area contributed by atoms with Crippen LogP contribution in [-0.2, 0) is 0 Å². The van der Waals surface area contributed by atoms with E-state index in [-0.39, 0.29) is 0 Å². The second-order valence-corrected chi connectivity index (χ2v) is 5.08. The minimum atomic E-state index is 0.817. The number of nitrogens with zero attached hydrogens (tertiary/aromatic N) is 2. The number of benzene rings is 1. The molecule has 1 rings (SSSR count). The molecule has 0 unspecified atom stereocenters. The average Bonchev–Trinajstić information content (AvgIpc) is 2.53. The average molecular weight is 286 g/mol. The third kappa shape index (κ3) is 5.51. The highest BCUT2D eigenvalue weighted by Crippen LogP contribution is 2.27. The van der Waals surface area contributed by atoms with Gasteiger partial charge in [0, 0.05) is 36.5 Å². The standard InChI is InChI=1S/C18H26N2O/c1-4-6-13-20(14-7-5-2)17-11-10-16(9-8-12-19)18(15-17)21-3/h8-11,15H,4-7,13-14H2,1-3H3/b9-8+. The molecule has 0 aliphatic heterocycles. The first-order valence-electron chi connectivity index (χ1n) is 7.75. The normalized spacial score (nSPS) is 10.6. The summed E-state index contributed by atoms with van der Waals surface area (Å²) in [7, 11) is 1.67. The lowest BCUT2D eigenvalue weighted by atomic mass is 10.1. The number of methoxy groups -OCH3 is 1. The van der Waals surface area contributed by atoms with Crippen molar-refractivity contribution >= 4 is 11.8 Å². The summed E-state index contributed by atoms with van der Waals surface area (Å²) in [5.41, 5.74) is 2.14. The lowest BCUT2D eigenvalue weighted by Gasteiger charge is -2.25. The van der Waals surface area contributed by atoms with Gasteiger partial charge in [-0.15, -0.1) is 0 Å². The number of unbranched alkanes of at least 4 members (excludes halogenated alkanes) is 2. The van der Waals surface area contributed by atoms with Gasteiger partial charge in [0.05, 0.1) is 13.2 Å². The van der Waals surface area contributed by atoms with Gasteiger partial charge in [0.15, 0.2) is 0 Å². The smallest absolute Gasteiger partial charge is 0.128 e. The summed E-state index contributed by atoms with van der Waals surface area (Å²) in [4.78, 5) is 2.42. The van der Waals surface area contributed by atoms with Gasteiger partial charge in [-0.05, 0) is 31.1 Å². The Balaban J connectivity index is 2.97. The molecule has 0 bridgehead atoms. The van der Waals surface area contributed by atoms with Crippen LogP contribution >= 0.6 is 0 Å². The fourth-order valence-electron chi connectivity index (χ4n) is 2.23. The highest BCUT2D eigenvalue weighted by atomic mass is 16.5. The first-order valence-corrected chi connectivity index (χ1v) is 7.75. The van der Waals surface area contributed by atoms with Crippen molar-refractivity contribution < 1.29 is 4.74 Å². The van der Waals surface area contributed by atoms with Gasteiger partial charge in [0.1, 0.15) is 5.75 Å². The molecule has 3 nitrogen and oxygen atoms in total. The van der Waals surface area contributed by atoms with Gasteiger partial charge in [0.2, 0.25) is 0 Å². The van der Waals surface area contributed by atoms with E-state index in [1.807, 2.05) is 12.1 Å². The zero-order valence-corrected chi connectivity index (χ0v) is 13.4. The maximum atomic E-state index is 8.64. The first-order chi connectivity index (χ1) is 10.3. The van der Waals surface area contributed by atoms with Crippen LogP contribution in [0.25, 0.3) is 6.08 Å². The third-order valence-electron chi connectivity index (χ3n) is 3.48. The quantitative estimate of drug-likeness (QED) is 0.620. The van der Waals surface area contributed by atoms with E-state index in [1.165, 1.54) is 37.4 Å². The number of hydrogen-bond acceptors (Lipinski definition) is 3. The predicted molar refractivity (Wildman–Crippen MR) is 89.7 cm³/mol. The van der Waals surface area contributed by atoms with E-state index in [9.17, 15) is 0 Å². The van der Waals surface area contributed by atoms with Gasteiger partial charge < -0.3 is 9.64 Å². The molecular formula is C18H26N2O. The van der Waals surface area contributed by atoms with E-state index in [0.29, 0.717) is 0 Å². The molecule has 0 aliphatic carbocycles. The van der Waals surface area contributed by atoms with Crippen molar-refractivity contribution in [2.75, 3.05) is 25.1 Å². The summed E-state index contributed by atoms with van der Waals surface area (Å²) < 4.78 is 5.45. The molecule has 0 N–H and O–H groups in total. The van der Waals surface area contributed by atoms with Gasteiger partial charge in [0.25, 0.3) is 0 Å². The first kappa shape index (κ1) is 17.1. The molecule has 0 spiro atoms. The highest BCUT2D eigenvalue weighted by molar-refractivity contribution is 5.64. The van der Waals surface area contributed by atoms with Crippen molar-refractivity contribution in [2.45, 2.75) is 39.5 Å². The summed E-state index contributed by atoms with van der Waals surface area (Å²) in [5.74, 6) is 0.817. The van der Waals surface area contributed by atoms with E-state index in [0.717, 1.165) is 24.4 Å². The minimum absolute atomic E-state index is 0.817. The molecule has 1 aromatic rings. The molecule has 3 heteroatoms. The Morgan fingerprint density at radius 2 is 1.86 bits per heavy atom. The van der Waals surface area contributed by atoms with Crippen LogP contribution in [0.15, 0.2) is 24.3 Å². The summed E-state index contributed by atoms with van der Waals surface area (Å²) in [6, 6.07) is 8.22. The van der Waals surface area contributed by atoms with Gasteiger partial charge >= 0.3 is 0 Å². The number of nitriles is 1. The minimum Gasteiger partial charge on any atom is -0.496 e. The maximum Gasteiger partial charge on any atom is 0.128 e. The molecule has 0 radical (unpaired) electrons. The van der Waals surface area contributed by atoms with Crippen LogP contribution in [0.1, 0.15) is 45.1 Å². The lowest BCUT2D eigenvalue weighted by Crippen LogP contribution is -2.25. The predicted octanol–water partition coefficient (Wildman–Crippen LogP) is 4.64. The summed E-state index contributed by atoms with van der Waals surface area (Å²) >= 11 is 0. The van der Waals surface area contributed by atoms with Crippen molar-refractivity contribution in [3.63, 3.8) is 0 Å². The molecule has 21 heavy (non-hydrogen) atoms. The summed E-state index contributed by atoms with van der Waals surface area (Å²) in [5, 5.41) is 8.64. The molecule has 1 aromatic carbocycles. The second-order valence-electron chi connectivity index (χ2n) is 5.08. The van der Waals surface area contributed by atoms with E-state index >= 15 is 0 Å². The van der Waals surface area contributed by atoms with Crippen LogP contribution < -0.4 is 9.64 Å². The zero-order chi connectivity index (χ0) is 15.5. The van der Waals surface area contributed by atoms with Crippen molar-refractivity contribution in [2.24, 2.45) is 0 Å². The molecule has 0 saturated heterocycles. The van der Waals surface area contributed by atoms with E-state index in [1.54, 1.807) is 13.2 Å². The van der Waals surface area contributed by atoms with E-state index < -0.39 is 0 Å². The van der Waals surface area contributed by atoms with Crippen molar-refractivity contribution in [1.29, 1.82) is 5.26 Å². The van der Waals surface area contributed by atoms with Gasteiger partial charge in [-0.2, -0.15) is 5.26 Å². The third-order valence-corrected chi connectivity index (χ3v) is 3.48. The second kappa shape index (κ2) is 9.88. The Bertz CT molecular complexity index is 480. The van der Waals surface area contributed by atoms with Gasteiger partial charge in [-0.1, -0.05) is 26.7 Å². The molecule has 0 heterocycles. The Hall–Kier alpha value is -1.95. The number of ether oxygens (including phenoxy) is 1. The topological polar surface area (TPSA) is 36.3 Å². The molecule has 0 amide bonds. The fourth-order valence-corrected chi connectivity index (χ4v) is 2.23. The Kier molecular flexibility index (Phi) is 8.04. The molecule has 114 valence electrons. The molecule has 0 saturated carbocycles. The number of hydrogen-bond donors (Lipinski definition) is 0. The van der Waals surface area contributed by atoms with Crippen molar-refractivity contribution in [3.05, 3.63) is 29.8 Å². The van der Waals surface area contributed by atoms with Crippen molar-refractivity contribution in [1.82, 2.24) is 0 Å². The van der Waals surface area contributed by atoms with Crippen LogP contribution in [-0.4, -0.2) is 20.2 Å². The zero-order valence-electron chi connectivity index (χ0n) is 13.4. The SMILES string of the molecule is CCCCN(CCCC)c1ccc(/C=C/C#N)c(OC)c1.